The van der Waals surface area contributed by atoms with Gasteiger partial charge in [0.2, 0.25) is 0 Å². The molecular formula is C89H118. The monoisotopic (exact) mass is 1190 g/mol. The Kier molecular flexibility index (Phi) is 43.7. The summed E-state index contributed by atoms with van der Waals surface area (Å²) in [4.78, 5) is 0. The van der Waals surface area contributed by atoms with Crippen LogP contribution in [-0.2, 0) is 38.5 Å². The van der Waals surface area contributed by atoms with E-state index in [0.29, 0.717) is 0 Å². The highest BCUT2D eigenvalue weighted by Gasteiger charge is 1.95. The molecule has 0 nitrogen and oxygen atoms in total. The Morgan fingerprint density at radius 3 is 0.742 bits per heavy atom. The van der Waals surface area contributed by atoms with Crippen LogP contribution in [0.2, 0.25) is 0 Å². The van der Waals surface area contributed by atoms with Gasteiger partial charge < -0.3 is 0 Å². The van der Waals surface area contributed by atoms with Gasteiger partial charge in [-0.15, -0.1) is 0 Å². The van der Waals surface area contributed by atoms with Gasteiger partial charge in [0.05, 0.1) is 0 Å². The molecule has 89 heavy (non-hydrogen) atoms. The molecule has 0 N–H and O–H groups in total. The summed E-state index contributed by atoms with van der Waals surface area (Å²) in [6.07, 6.45) is 10.8. The van der Waals surface area contributed by atoms with Crippen LogP contribution < -0.4 is 0 Å². The molecule has 0 fully saturated rings. The molecule has 10 rings (SSSR count). The van der Waals surface area contributed by atoms with E-state index in [1.165, 1.54) is 150 Å². The molecule has 474 valence electrons. The normalized spacial score (nSPS) is 9.53. The molecule has 0 saturated carbocycles. The number of hydrogen-bond acceptors (Lipinski definition) is 0. The van der Waals surface area contributed by atoms with E-state index >= 15 is 0 Å². The van der Waals surface area contributed by atoms with E-state index in [1.807, 2.05) is 0 Å². The van der Waals surface area contributed by atoms with Crippen LogP contribution in [0.3, 0.4) is 0 Å². The molecule has 10 aromatic rings. The van der Waals surface area contributed by atoms with Crippen LogP contribution in [0.15, 0.2) is 243 Å². The van der Waals surface area contributed by atoms with Crippen LogP contribution in [-0.4, -0.2) is 0 Å². The highest BCUT2D eigenvalue weighted by molar-refractivity contribution is 5.29. The number of hydrogen-bond donors (Lipinski definition) is 0. The fourth-order valence-corrected chi connectivity index (χ4v) is 8.89. The zero-order chi connectivity index (χ0) is 66.2. The third-order valence-electron chi connectivity index (χ3n) is 15.0. The summed E-state index contributed by atoms with van der Waals surface area (Å²) in [6, 6.07) is 85.4. The minimum atomic E-state index is 1.14. The summed E-state index contributed by atoms with van der Waals surface area (Å²) >= 11 is 0. The van der Waals surface area contributed by atoms with Crippen LogP contribution in [0, 0.1) is 96.9 Å². The van der Waals surface area contributed by atoms with Crippen LogP contribution in [0.5, 0.6) is 0 Å². The van der Waals surface area contributed by atoms with Crippen molar-refractivity contribution in [2.45, 2.75) is 196 Å². The minimum Gasteiger partial charge on any atom is -0.0651 e. The average molecular weight is 1190 g/mol. The minimum absolute atomic E-state index is 1.14. The summed E-state index contributed by atoms with van der Waals surface area (Å²) in [5.74, 6) is 0. The van der Waals surface area contributed by atoms with E-state index in [0.717, 1.165) is 19.3 Å². The molecule has 0 saturated heterocycles. The second-order valence-corrected chi connectivity index (χ2v) is 23.6. The number of rotatable bonds is 9. The zero-order valence-corrected chi connectivity index (χ0v) is 59.5. The van der Waals surface area contributed by atoms with Crippen LogP contribution in [0.1, 0.15) is 172 Å². The Morgan fingerprint density at radius 2 is 0.461 bits per heavy atom. The maximum Gasteiger partial charge on any atom is -0.0279 e. The predicted molar refractivity (Wildman–Crippen MR) is 401 cm³/mol. The predicted octanol–water partition coefficient (Wildman–Crippen LogP) is 25.7. The molecule has 0 aliphatic rings. The highest BCUT2D eigenvalue weighted by Crippen LogP contribution is 2.11. The van der Waals surface area contributed by atoms with Crippen molar-refractivity contribution in [1.29, 1.82) is 0 Å². The zero-order valence-electron chi connectivity index (χ0n) is 59.5. The van der Waals surface area contributed by atoms with E-state index in [9.17, 15) is 0 Å². The Hall–Kier alpha value is -7.80. The largest absolute Gasteiger partial charge is 0.0651 e. The molecule has 0 aliphatic heterocycles. The van der Waals surface area contributed by atoms with Crippen LogP contribution in [0.4, 0.5) is 0 Å². The second kappa shape index (κ2) is 49.1. The summed E-state index contributed by atoms with van der Waals surface area (Å²) < 4.78 is 0. The lowest BCUT2D eigenvalue weighted by atomic mass is 10.1. The molecule has 0 spiro atoms. The van der Waals surface area contributed by atoms with Crippen molar-refractivity contribution in [2.24, 2.45) is 0 Å². The molecule has 0 amide bonds. The Labute approximate surface area is 547 Å². The van der Waals surface area contributed by atoms with Crippen molar-refractivity contribution < 1.29 is 0 Å². The van der Waals surface area contributed by atoms with Crippen molar-refractivity contribution in [3.8, 4) is 0 Å². The molecule has 0 heterocycles. The number of benzene rings is 10. The molecule has 0 atom stereocenters. The van der Waals surface area contributed by atoms with Crippen molar-refractivity contribution >= 4 is 0 Å². The topological polar surface area (TPSA) is 0 Å². The van der Waals surface area contributed by atoms with E-state index in [4.69, 9.17) is 0 Å². The molecular weight excluding hydrogens is 1070 g/mol. The maximum atomic E-state index is 2.25. The number of aryl methyl sites for hydroxylation is 20. The van der Waals surface area contributed by atoms with Gasteiger partial charge in [0.15, 0.2) is 0 Å². The first-order valence-electron chi connectivity index (χ1n) is 33.1. The average Bonchev–Trinajstić information content (AvgIpc) is 3.58. The van der Waals surface area contributed by atoms with Crippen molar-refractivity contribution in [3.05, 3.63) is 354 Å². The van der Waals surface area contributed by atoms with Gasteiger partial charge in [0.1, 0.15) is 0 Å². The molecule has 0 aromatic heterocycles. The Bertz CT molecular complexity index is 3210. The fraction of sp³-hybridized carbons (Fsp3) is 0.326. The molecule has 10 aromatic carbocycles. The van der Waals surface area contributed by atoms with E-state index < -0.39 is 0 Å². The van der Waals surface area contributed by atoms with Gasteiger partial charge in [-0.25, -0.2) is 0 Å². The smallest absolute Gasteiger partial charge is 0.0279 e. The van der Waals surface area contributed by atoms with Gasteiger partial charge in [-0.05, 0) is 202 Å². The molecule has 0 unspecified atom stereocenters. The van der Waals surface area contributed by atoms with E-state index in [1.54, 1.807) is 0 Å². The van der Waals surface area contributed by atoms with Crippen LogP contribution in [0.25, 0.3) is 0 Å². The Balaban J connectivity index is 0.000000495. The SMILES string of the molecule is CCCc1ccc(C)cc1.CCCc1cccc(C)c1.CCCc1ccccc1C.CCc1ccc(C)cc1.CCc1cccc(C)c1.CCc1ccccc1C.Cc1ccc(C)cc1.Cc1cccc(C)c1.Cc1ccccc1C.Cc1ccccc1C. The van der Waals surface area contributed by atoms with Gasteiger partial charge in [-0.1, -0.05) is 348 Å². The van der Waals surface area contributed by atoms with Gasteiger partial charge in [0.25, 0.3) is 0 Å². The van der Waals surface area contributed by atoms with Gasteiger partial charge in [-0.2, -0.15) is 0 Å². The standard InChI is InChI=1S/3C10H14.3C9H12.4C8H10/c1-3-6-10-8-5-4-7-9(10)2;1-3-5-10-7-4-6-9(2)8-10;1-3-4-10-7-5-9(2)6-8-10;1-3-9-6-4-8(2)5-7-9;1-3-9-6-4-5-8(2)7-9;1-3-9-7-5-4-6-8(9)2;1-7-3-5-8(2)6-4-7;1-7-4-3-5-8(2)6-7;2*1-7-5-3-4-6-8(7)2/h4-5,7-8H,3,6H2,1-2H3;4,6-8H,3,5H2,1-2H3;5-8H,3-4H2,1-2H3;3*4-7H,3H2,1-2H3;4*3-6H,1-2H3. The molecule has 0 aliphatic carbocycles. The summed E-state index contributed by atoms with van der Waals surface area (Å²) in [6.45, 7) is 42.9. The summed E-state index contributed by atoms with van der Waals surface area (Å²) in [5, 5.41) is 0. The van der Waals surface area contributed by atoms with E-state index in [-0.39, 0.29) is 0 Å². The maximum absolute atomic E-state index is 2.25. The second-order valence-electron chi connectivity index (χ2n) is 23.6. The van der Waals surface area contributed by atoms with Gasteiger partial charge >= 0.3 is 0 Å². The highest BCUT2D eigenvalue weighted by atomic mass is 14.0. The molecule has 0 radical (unpaired) electrons. The first-order chi connectivity index (χ1) is 42.7. The quantitative estimate of drug-likeness (QED) is 0.135. The van der Waals surface area contributed by atoms with E-state index in [2.05, 4.69) is 381 Å². The lowest BCUT2D eigenvalue weighted by Gasteiger charge is -2.01. The van der Waals surface area contributed by atoms with Gasteiger partial charge in [-0.3, -0.25) is 0 Å². The lowest BCUT2D eigenvalue weighted by Crippen LogP contribution is -1.85. The van der Waals surface area contributed by atoms with Crippen molar-refractivity contribution in [1.82, 2.24) is 0 Å². The van der Waals surface area contributed by atoms with Crippen LogP contribution >= 0.6 is 0 Å². The summed E-state index contributed by atoms with van der Waals surface area (Å²) in [7, 11) is 0. The van der Waals surface area contributed by atoms with Crippen molar-refractivity contribution in [3.63, 3.8) is 0 Å². The fourth-order valence-electron chi connectivity index (χ4n) is 8.89. The molecule has 0 heteroatoms. The van der Waals surface area contributed by atoms with Crippen molar-refractivity contribution in [2.75, 3.05) is 0 Å². The third kappa shape index (κ3) is 39.7. The lowest BCUT2D eigenvalue weighted by molar-refractivity contribution is 0.913. The third-order valence-corrected chi connectivity index (χ3v) is 15.0. The summed E-state index contributed by atoms with van der Waals surface area (Å²) in [5.41, 5.74) is 27.7. The Morgan fingerprint density at radius 1 is 0.180 bits per heavy atom. The first-order valence-corrected chi connectivity index (χ1v) is 33.1. The van der Waals surface area contributed by atoms with Gasteiger partial charge in [0, 0.05) is 0 Å². The first kappa shape index (κ1) is 79.2. The molecule has 0 bridgehead atoms.